The highest BCUT2D eigenvalue weighted by molar-refractivity contribution is 7.89. The molecule has 4 rings (SSSR count). The van der Waals surface area contributed by atoms with Gasteiger partial charge in [0.2, 0.25) is 15.9 Å². The van der Waals surface area contributed by atoms with E-state index in [9.17, 15) is 13.2 Å². The number of benzene rings is 2. The van der Waals surface area contributed by atoms with E-state index in [1.807, 2.05) is 0 Å². The highest BCUT2D eigenvalue weighted by Gasteiger charge is 2.20. The van der Waals surface area contributed by atoms with Gasteiger partial charge in [-0.25, -0.2) is 12.7 Å². The third kappa shape index (κ3) is 5.19. The van der Waals surface area contributed by atoms with E-state index in [0.29, 0.717) is 12.2 Å². The molecule has 1 amide bonds. The number of carbonyl (C=O) groups is 1. The number of nitrogens with zero attached hydrogens (tertiary/aromatic N) is 3. The summed E-state index contributed by atoms with van der Waals surface area (Å²) < 4.78 is 26.8. The van der Waals surface area contributed by atoms with Crippen molar-refractivity contribution in [3.63, 3.8) is 0 Å². The normalized spacial score (nSPS) is 16.0. The van der Waals surface area contributed by atoms with Crippen molar-refractivity contribution >= 4 is 43.0 Å². The molecule has 1 saturated heterocycles. The van der Waals surface area contributed by atoms with E-state index < -0.39 is 10.0 Å². The Kier molecular flexibility index (Phi) is 6.92. The smallest absolute Gasteiger partial charge is 0.242 e. The molecule has 2 aromatic carbocycles. The van der Waals surface area contributed by atoms with Gasteiger partial charge in [0, 0.05) is 57.2 Å². The Hall–Kier alpha value is -2.30. The lowest BCUT2D eigenvalue weighted by Crippen LogP contribution is -2.48. The molecule has 0 spiro atoms. The average molecular weight is 473 g/mol. The van der Waals surface area contributed by atoms with Crippen LogP contribution < -0.4 is 5.32 Å². The SMILES string of the molecule is CN(C)S(=O)(=O)c1ccc(NC(=O)CN2CCN(Cc3csc4ccccc34)CC2)cc1. The maximum Gasteiger partial charge on any atom is 0.242 e. The molecule has 1 N–H and O–H groups in total. The Morgan fingerprint density at radius 2 is 1.66 bits per heavy atom. The number of nitrogens with one attached hydrogen (secondary N) is 1. The average Bonchev–Trinajstić information content (AvgIpc) is 3.18. The molecule has 0 unspecified atom stereocenters. The van der Waals surface area contributed by atoms with Gasteiger partial charge in [-0.15, -0.1) is 11.3 Å². The van der Waals surface area contributed by atoms with Crippen molar-refractivity contribution in [2.24, 2.45) is 0 Å². The number of hydrogen-bond donors (Lipinski definition) is 1. The van der Waals surface area contributed by atoms with E-state index in [-0.39, 0.29) is 10.8 Å². The van der Waals surface area contributed by atoms with Gasteiger partial charge in [0.15, 0.2) is 0 Å². The molecule has 1 aliphatic rings. The first-order valence-corrected chi connectivity index (χ1v) is 12.9. The Balaban J connectivity index is 1.26. The van der Waals surface area contributed by atoms with E-state index >= 15 is 0 Å². The first-order chi connectivity index (χ1) is 15.3. The summed E-state index contributed by atoms with van der Waals surface area (Å²) in [5.74, 6) is -0.0921. The lowest BCUT2D eigenvalue weighted by atomic mass is 10.1. The Labute approximate surface area is 193 Å². The fraction of sp³-hybridized carbons (Fsp3) is 0.348. The fourth-order valence-electron chi connectivity index (χ4n) is 3.83. The van der Waals surface area contributed by atoms with Crippen LogP contribution in [0.4, 0.5) is 5.69 Å². The van der Waals surface area contributed by atoms with Gasteiger partial charge >= 0.3 is 0 Å². The van der Waals surface area contributed by atoms with Crippen LogP contribution in [0.2, 0.25) is 0 Å². The summed E-state index contributed by atoms with van der Waals surface area (Å²) in [5, 5.41) is 6.45. The molecule has 0 saturated carbocycles. The van der Waals surface area contributed by atoms with Gasteiger partial charge < -0.3 is 5.32 Å². The molecule has 9 heteroatoms. The van der Waals surface area contributed by atoms with Crippen LogP contribution in [-0.2, 0) is 21.4 Å². The quantitative estimate of drug-likeness (QED) is 0.573. The van der Waals surface area contributed by atoms with Crippen molar-refractivity contribution in [1.82, 2.24) is 14.1 Å². The van der Waals surface area contributed by atoms with Crippen molar-refractivity contribution in [3.05, 3.63) is 59.5 Å². The molecule has 0 bridgehead atoms. The molecule has 0 atom stereocenters. The summed E-state index contributed by atoms with van der Waals surface area (Å²) in [4.78, 5) is 17.3. The standard InChI is InChI=1S/C23H28N4O3S2/c1-25(2)32(29,30)20-9-7-19(8-10-20)24-23(28)16-27-13-11-26(12-14-27)15-18-17-31-22-6-4-3-5-21(18)22/h3-10,17H,11-16H2,1-2H3,(H,24,28). The van der Waals surface area contributed by atoms with Gasteiger partial charge in [-0.2, -0.15) is 0 Å². The van der Waals surface area contributed by atoms with E-state index in [0.717, 1.165) is 32.7 Å². The number of thiophene rings is 1. The third-order valence-corrected chi connectivity index (χ3v) is 8.55. The van der Waals surface area contributed by atoms with Crippen LogP contribution in [0.25, 0.3) is 10.1 Å². The van der Waals surface area contributed by atoms with Crippen LogP contribution in [0.15, 0.2) is 58.8 Å². The Morgan fingerprint density at radius 3 is 2.34 bits per heavy atom. The first kappa shape index (κ1) is 22.9. The van der Waals surface area contributed by atoms with Crippen molar-refractivity contribution in [3.8, 4) is 0 Å². The Morgan fingerprint density at radius 1 is 1.00 bits per heavy atom. The maximum atomic E-state index is 12.5. The van der Waals surface area contributed by atoms with Crippen LogP contribution in [0.5, 0.6) is 0 Å². The van der Waals surface area contributed by atoms with Crippen molar-refractivity contribution in [1.29, 1.82) is 0 Å². The van der Waals surface area contributed by atoms with Crippen LogP contribution in [0.1, 0.15) is 5.56 Å². The summed E-state index contributed by atoms with van der Waals surface area (Å²) in [7, 11) is -0.486. The topological polar surface area (TPSA) is 73.0 Å². The predicted octanol–water partition coefficient (Wildman–Crippen LogP) is 2.91. The third-order valence-electron chi connectivity index (χ3n) is 5.70. The van der Waals surface area contributed by atoms with Gasteiger partial charge in [0.25, 0.3) is 0 Å². The molecular weight excluding hydrogens is 444 g/mol. The zero-order valence-electron chi connectivity index (χ0n) is 18.3. The second-order valence-electron chi connectivity index (χ2n) is 8.17. The number of carbonyl (C=O) groups excluding carboxylic acids is 1. The van der Waals surface area contributed by atoms with E-state index in [1.165, 1.54) is 46.2 Å². The summed E-state index contributed by atoms with van der Waals surface area (Å²) >= 11 is 1.79. The highest BCUT2D eigenvalue weighted by Crippen LogP contribution is 2.27. The number of rotatable bonds is 7. The molecule has 170 valence electrons. The molecule has 3 aromatic rings. The lowest BCUT2D eigenvalue weighted by Gasteiger charge is -2.34. The molecular formula is C23H28N4O3S2. The number of hydrogen-bond acceptors (Lipinski definition) is 6. The number of amides is 1. The molecule has 1 aliphatic heterocycles. The van der Waals surface area contributed by atoms with Crippen molar-refractivity contribution in [2.75, 3.05) is 52.1 Å². The van der Waals surface area contributed by atoms with E-state index in [2.05, 4.69) is 44.8 Å². The molecule has 32 heavy (non-hydrogen) atoms. The van der Waals surface area contributed by atoms with Gasteiger partial charge in [-0.3, -0.25) is 14.6 Å². The first-order valence-electron chi connectivity index (χ1n) is 10.6. The zero-order valence-corrected chi connectivity index (χ0v) is 20.0. The zero-order chi connectivity index (χ0) is 22.7. The van der Waals surface area contributed by atoms with Crippen LogP contribution >= 0.6 is 11.3 Å². The largest absolute Gasteiger partial charge is 0.325 e. The molecule has 1 aromatic heterocycles. The summed E-state index contributed by atoms with van der Waals surface area (Å²) in [6.07, 6.45) is 0. The second-order valence-corrected chi connectivity index (χ2v) is 11.2. The van der Waals surface area contributed by atoms with Gasteiger partial charge in [-0.05, 0) is 46.7 Å². The van der Waals surface area contributed by atoms with Crippen LogP contribution in [-0.4, -0.2) is 75.2 Å². The molecule has 7 nitrogen and oxygen atoms in total. The van der Waals surface area contributed by atoms with Gasteiger partial charge in [-0.1, -0.05) is 18.2 Å². The minimum absolute atomic E-state index is 0.0921. The number of piperazine rings is 1. The number of anilines is 1. The maximum absolute atomic E-state index is 12.5. The minimum Gasteiger partial charge on any atom is -0.325 e. The van der Waals surface area contributed by atoms with Crippen LogP contribution in [0, 0.1) is 0 Å². The lowest BCUT2D eigenvalue weighted by molar-refractivity contribution is -0.117. The fourth-order valence-corrected chi connectivity index (χ4v) is 5.68. The molecule has 0 radical (unpaired) electrons. The summed E-state index contributed by atoms with van der Waals surface area (Å²) in [6, 6.07) is 14.8. The predicted molar refractivity (Wildman–Crippen MR) is 129 cm³/mol. The summed E-state index contributed by atoms with van der Waals surface area (Å²) in [5.41, 5.74) is 1.96. The highest BCUT2D eigenvalue weighted by atomic mass is 32.2. The van der Waals surface area contributed by atoms with Gasteiger partial charge in [0.1, 0.15) is 0 Å². The van der Waals surface area contributed by atoms with Crippen LogP contribution in [0.3, 0.4) is 0 Å². The second kappa shape index (κ2) is 9.68. The van der Waals surface area contributed by atoms with E-state index in [1.54, 1.807) is 23.5 Å². The molecule has 1 fully saturated rings. The van der Waals surface area contributed by atoms with Crippen molar-refractivity contribution < 1.29 is 13.2 Å². The minimum atomic E-state index is -3.47. The van der Waals surface area contributed by atoms with Crippen molar-refractivity contribution in [2.45, 2.75) is 11.4 Å². The molecule has 0 aliphatic carbocycles. The Bertz CT molecular complexity index is 1180. The monoisotopic (exact) mass is 472 g/mol. The number of fused-ring (bicyclic) bond motifs is 1. The van der Waals surface area contributed by atoms with Gasteiger partial charge in [0.05, 0.1) is 11.4 Å². The summed E-state index contributed by atoms with van der Waals surface area (Å²) in [6.45, 7) is 4.80. The van der Waals surface area contributed by atoms with E-state index in [4.69, 9.17) is 0 Å². The molecule has 2 heterocycles. The number of sulfonamides is 1.